The molecule has 0 radical (unpaired) electrons. The number of hydrogen-bond acceptors (Lipinski definition) is 6. The molecule has 1 heterocycles. The minimum atomic E-state index is -0.323. The van der Waals surface area contributed by atoms with Crippen LogP contribution in [0, 0.1) is 6.92 Å². The van der Waals surface area contributed by atoms with E-state index >= 15 is 0 Å². The molecule has 3 rings (SSSR count). The highest BCUT2D eigenvalue weighted by molar-refractivity contribution is 7.98. The van der Waals surface area contributed by atoms with Crippen LogP contribution in [0.15, 0.2) is 51.7 Å². The van der Waals surface area contributed by atoms with Gasteiger partial charge in [0.15, 0.2) is 6.61 Å². The number of aliphatic hydroxyl groups is 1. The number of aryl methyl sites for hydroxylation is 1. The van der Waals surface area contributed by atoms with Gasteiger partial charge in [0.1, 0.15) is 17.1 Å². The maximum atomic E-state index is 13.0. The van der Waals surface area contributed by atoms with Gasteiger partial charge in [0.25, 0.3) is 5.91 Å². The molecule has 0 aliphatic carbocycles. The third-order valence-electron chi connectivity index (χ3n) is 4.80. The summed E-state index contributed by atoms with van der Waals surface area (Å²) in [6.45, 7) is 1.41. The molecule has 1 amide bonds. The van der Waals surface area contributed by atoms with Crippen LogP contribution in [0.1, 0.15) is 12.2 Å². The van der Waals surface area contributed by atoms with Crippen LogP contribution < -0.4 is 15.5 Å². The second kappa shape index (κ2) is 10.7. The van der Waals surface area contributed by atoms with Gasteiger partial charge in [-0.15, -0.1) is 0 Å². The number of hydrogen-bond donors (Lipinski definition) is 2. The average molecular weight is 462 g/mol. The van der Waals surface area contributed by atoms with E-state index in [0.29, 0.717) is 39.5 Å². The van der Waals surface area contributed by atoms with Gasteiger partial charge in [-0.3, -0.25) is 9.59 Å². The van der Waals surface area contributed by atoms with E-state index in [-0.39, 0.29) is 30.6 Å². The SMILES string of the molecule is CSCCC(CO)NC(=O)COc1ccc2c(=O)c(-c3ccc(Cl)cc3)c(C)oc2c1. The Bertz CT molecular complexity index is 1110. The average Bonchev–Trinajstić information content (AvgIpc) is 2.76. The maximum Gasteiger partial charge on any atom is 0.258 e. The normalized spacial score (nSPS) is 12.0. The zero-order chi connectivity index (χ0) is 22.4. The molecule has 1 aromatic heterocycles. The lowest BCUT2D eigenvalue weighted by Gasteiger charge is -2.16. The summed E-state index contributed by atoms with van der Waals surface area (Å²) in [4.78, 5) is 25.1. The van der Waals surface area contributed by atoms with Crippen LogP contribution in [-0.2, 0) is 4.79 Å². The van der Waals surface area contributed by atoms with E-state index in [1.54, 1.807) is 61.2 Å². The number of aliphatic hydroxyl groups excluding tert-OH is 1. The first kappa shape index (κ1) is 23.2. The van der Waals surface area contributed by atoms with Gasteiger partial charge in [-0.05, 0) is 55.2 Å². The number of amides is 1. The molecule has 1 unspecified atom stereocenters. The van der Waals surface area contributed by atoms with Crippen molar-refractivity contribution in [3.63, 3.8) is 0 Å². The van der Waals surface area contributed by atoms with Crippen molar-refractivity contribution >= 4 is 40.2 Å². The first-order chi connectivity index (χ1) is 14.9. The number of rotatable bonds is 9. The summed E-state index contributed by atoms with van der Waals surface area (Å²) in [5.74, 6) is 1.41. The van der Waals surface area contributed by atoms with Crippen molar-refractivity contribution in [3.8, 4) is 16.9 Å². The monoisotopic (exact) mass is 461 g/mol. The van der Waals surface area contributed by atoms with Gasteiger partial charge >= 0.3 is 0 Å². The summed E-state index contributed by atoms with van der Waals surface area (Å²) < 4.78 is 11.4. The molecule has 2 N–H and O–H groups in total. The Morgan fingerprint density at radius 1 is 1.26 bits per heavy atom. The molecule has 0 saturated heterocycles. The molecule has 1 atom stereocenters. The molecule has 0 saturated carbocycles. The number of carbonyl (C=O) groups excluding carboxylic acids is 1. The number of thioether (sulfide) groups is 1. The maximum absolute atomic E-state index is 13.0. The number of fused-ring (bicyclic) bond motifs is 1. The van der Waals surface area contributed by atoms with Gasteiger partial charge in [-0.1, -0.05) is 23.7 Å². The smallest absolute Gasteiger partial charge is 0.258 e. The lowest BCUT2D eigenvalue weighted by molar-refractivity contribution is -0.124. The van der Waals surface area contributed by atoms with Gasteiger partial charge < -0.3 is 19.6 Å². The second-order valence-corrected chi connectivity index (χ2v) is 8.47. The second-order valence-electron chi connectivity index (χ2n) is 7.04. The first-order valence-corrected chi connectivity index (χ1v) is 11.6. The van der Waals surface area contributed by atoms with Crippen molar-refractivity contribution in [2.75, 3.05) is 25.2 Å². The first-order valence-electron chi connectivity index (χ1n) is 9.78. The van der Waals surface area contributed by atoms with E-state index in [0.717, 1.165) is 11.3 Å². The molecular weight excluding hydrogens is 438 g/mol. The zero-order valence-electron chi connectivity index (χ0n) is 17.3. The minimum Gasteiger partial charge on any atom is -0.484 e. The molecule has 8 heteroatoms. The Balaban J connectivity index is 1.76. The van der Waals surface area contributed by atoms with Gasteiger partial charge in [0.05, 0.1) is 23.6 Å². The van der Waals surface area contributed by atoms with E-state index in [2.05, 4.69) is 5.32 Å². The summed E-state index contributed by atoms with van der Waals surface area (Å²) in [5.41, 5.74) is 1.45. The number of carbonyl (C=O) groups is 1. The summed E-state index contributed by atoms with van der Waals surface area (Å²) in [5, 5.41) is 13.1. The molecule has 164 valence electrons. The minimum absolute atomic E-state index is 0.122. The molecule has 6 nitrogen and oxygen atoms in total. The molecule has 0 fully saturated rings. The molecule has 0 spiro atoms. The van der Waals surface area contributed by atoms with Crippen LogP contribution >= 0.6 is 23.4 Å². The van der Waals surface area contributed by atoms with Crippen molar-refractivity contribution in [1.82, 2.24) is 5.32 Å². The number of benzene rings is 2. The van der Waals surface area contributed by atoms with Gasteiger partial charge in [0, 0.05) is 11.1 Å². The third-order valence-corrected chi connectivity index (χ3v) is 5.69. The van der Waals surface area contributed by atoms with E-state index in [4.69, 9.17) is 20.8 Å². The molecule has 31 heavy (non-hydrogen) atoms. The Hall–Kier alpha value is -2.48. The number of ether oxygens (including phenoxy) is 1. The summed E-state index contributed by atoms with van der Waals surface area (Å²) in [6.07, 6.45) is 2.65. The van der Waals surface area contributed by atoms with Crippen LogP contribution in [0.3, 0.4) is 0 Å². The standard InChI is InChI=1S/C23H24ClNO5S/c1-14-22(15-3-5-16(24)6-4-15)23(28)19-8-7-18(11-20(19)30-14)29-13-21(27)25-17(12-26)9-10-31-2/h3-8,11,17,26H,9-10,12-13H2,1-2H3,(H,25,27). The van der Waals surface area contributed by atoms with Crippen LogP contribution in [0.25, 0.3) is 22.1 Å². The third kappa shape index (κ3) is 5.81. The molecule has 2 aromatic carbocycles. The Morgan fingerprint density at radius 2 is 2.00 bits per heavy atom. The fraction of sp³-hybridized carbons (Fsp3) is 0.304. The summed E-state index contributed by atoms with van der Waals surface area (Å²) in [6, 6.07) is 11.6. The van der Waals surface area contributed by atoms with E-state index < -0.39 is 0 Å². The van der Waals surface area contributed by atoms with Crippen molar-refractivity contribution in [2.45, 2.75) is 19.4 Å². The fourth-order valence-electron chi connectivity index (χ4n) is 3.21. The highest BCUT2D eigenvalue weighted by Crippen LogP contribution is 2.27. The van der Waals surface area contributed by atoms with Gasteiger partial charge in [-0.25, -0.2) is 0 Å². The highest BCUT2D eigenvalue weighted by atomic mass is 35.5. The number of halogens is 1. The van der Waals surface area contributed by atoms with E-state index in [1.165, 1.54) is 0 Å². The predicted octanol–water partition coefficient (Wildman–Crippen LogP) is 4.03. The van der Waals surface area contributed by atoms with Crippen molar-refractivity contribution in [1.29, 1.82) is 0 Å². The summed E-state index contributed by atoms with van der Waals surface area (Å²) in [7, 11) is 0. The van der Waals surface area contributed by atoms with Crippen molar-refractivity contribution in [2.24, 2.45) is 0 Å². The van der Waals surface area contributed by atoms with Crippen molar-refractivity contribution < 1.29 is 19.1 Å². The van der Waals surface area contributed by atoms with Crippen molar-refractivity contribution in [3.05, 3.63) is 63.5 Å². The Labute approximate surface area is 189 Å². The van der Waals surface area contributed by atoms with E-state index in [1.807, 2.05) is 6.26 Å². The molecule has 0 aliphatic rings. The lowest BCUT2D eigenvalue weighted by Crippen LogP contribution is -2.40. The highest BCUT2D eigenvalue weighted by Gasteiger charge is 2.15. The quantitative estimate of drug-likeness (QED) is 0.500. The van der Waals surface area contributed by atoms with Crippen LogP contribution in [0.5, 0.6) is 5.75 Å². The number of nitrogens with one attached hydrogen (secondary N) is 1. The van der Waals surface area contributed by atoms with E-state index in [9.17, 15) is 14.7 Å². The molecule has 0 aliphatic heterocycles. The summed E-state index contributed by atoms with van der Waals surface area (Å²) >= 11 is 7.59. The van der Waals surface area contributed by atoms with Gasteiger partial charge in [-0.2, -0.15) is 11.8 Å². The lowest BCUT2D eigenvalue weighted by atomic mass is 10.0. The predicted molar refractivity (Wildman–Crippen MR) is 125 cm³/mol. The fourth-order valence-corrected chi connectivity index (χ4v) is 3.86. The topological polar surface area (TPSA) is 88.8 Å². The Kier molecular flexibility index (Phi) is 8.01. The Morgan fingerprint density at radius 3 is 2.68 bits per heavy atom. The molecular formula is C23H24ClNO5S. The molecule has 3 aromatic rings. The van der Waals surface area contributed by atoms with Crippen LogP contribution in [-0.4, -0.2) is 42.3 Å². The largest absolute Gasteiger partial charge is 0.484 e. The van der Waals surface area contributed by atoms with Crippen LogP contribution in [0.2, 0.25) is 5.02 Å². The molecule has 0 bridgehead atoms. The zero-order valence-corrected chi connectivity index (χ0v) is 18.9. The van der Waals surface area contributed by atoms with Crippen LogP contribution in [0.4, 0.5) is 0 Å². The van der Waals surface area contributed by atoms with Gasteiger partial charge in [0.2, 0.25) is 5.43 Å².